The Morgan fingerprint density at radius 3 is 2.77 bits per heavy atom. The van der Waals surface area contributed by atoms with Gasteiger partial charge in [0.2, 0.25) is 0 Å². The molecule has 4 heteroatoms. The van der Waals surface area contributed by atoms with Crippen LogP contribution in [0.5, 0.6) is 0 Å². The van der Waals surface area contributed by atoms with E-state index in [0.29, 0.717) is 6.04 Å². The maximum absolute atomic E-state index is 5.75. The van der Waals surface area contributed by atoms with Crippen LogP contribution in [0.15, 0.2) is 6.20 Å². The highest BCUT2D eigenvalue weighted by Gasteiger charge is 2.17. The molecule has 4 nitrogen and oxygen atoms in total. The summed E-state index contributed by atoms with van der Waals surface area (Å²) < 4.78 is 2.07. The molecule has 1 aliphatic rings. The molecule has 0 spiro atoms. The molecule has 1 aromatic rings. The number of aromatic nitrogens is 2. The quantitative estimate of drug-likeness (QED) is 0.669. The molecule has 2 heterocycles. The van der Waals surface area contributed by atoms with Crippen molar-refractivity contribution in [1.82, 2.24) is 15.1 Å². The zero-order valence-electron chi connectivity index (χ0n) is 7.95. The number of hydrogen-bond acceptors (Lipinski definition) is 3. The van der Waals surface area contributed by atoms with Crippen LogP contribution >= 0.6 is 0 Å². The summed E-state index contributed by atoms with van der Waals surface area (Å²) in [6.45, 7) is 4.21. The molecule has 0 atom stereocenters. The van der Waals surface area contributed by atoms with Crippen LogP contribution < -0.4 is 11.1 Å². The molecule has 0 amide bonds. The SMILES string of the molecule is Cc1c(N)cnn1C1CCNCC1. The fourth-order valence-corrected chi connectivity index (χ4v) is 1.86. The van der Waals surface area contributed by atoms with Crippen molar-refractivity contribution in [3.05, 3.63) is 11.9 Å². The van der Waals surface area contributed by atoms with E-state index in [1.807, 2.05) is 6.92 Å². The lowest BCUT2D eigenvalue weighted by atomic mass is 10.1. The van der Waals surface area contributed by atoms with Crippen molar-refractivity contribution in [2.75, 3.05) is 18.8 Å². The number of hydrogen-bond donors (Lipinski definition) is 2. The van der Waals surface area contributed by atoms with E-state index in [9.17, 15) is 0 Å². The Morgan fingerprint density at radius 1 is 1.54 bits per heavy atom. The molecule has 1 aliphatic heterocycles. The molecule has 1 aromatic heterocycles. The van der Waals surface area contributed by atoms with Crippen molar-refractivity contribution in [2.24, 2.45) is 0 Å². The number of anilines is 1. The molecule has 13 heavy (non-hydrogen) atoms. The lowest BCUT2D eigenvalue weighted by Crippen LogP contribution is -2.30. The maximum atomic E-state index is 5.75. The fraction of sp³-hybridized carbons (Fsp3) is 0.667. The highest BCUT2D eigenvalue weighted by atomic mass is 15.3. The summed E-state index contributed by atoms with van der Waals surface area (Å²) in [4.78, 5) is 0. The lowest BCUT2D eigenvalue weighted by molar-refractivity contribution is 0.338. The van der Waals surface area contributed by atoms with Gasteiger partial charge in [0.15, 0.2) is 0 Å². The van der Waals surface area contributed by atoms with Gasteiger partial charge < -0.3 is 11.1 Å². The molecule has 72 valence electrons. The van der Waals surface area contributed by atoms with Crippen LogP contribution in [-0.4, -0.2) is 22.9 Å². The Labute approximate surface area is 78.1 Å². The van der Waals surface area contributed by atoms with Crippen molar-refractivity contribution >= 4 is 5.69 Å². The van der Waals surface area contributed by atoms with Gasteiger partial charge in [-0.15, -0.1) is 0 Å². The number of nitrogens with zero attached hydrogens (tertiary/aromatic N) is 2. The molecule has 2 rings (SSSR count). The van der Waals surface area contributed by atoms with Crippen molar-refractivity contribution in [3.8, 4) is 0 Å². The standard InChI is InChI=1S/C9H16N4/c1-7-9(10)6-12-13(7)8-2-4-11-5-3-8/h6,8,11H,2-5,10H2,1H3. The van der Waals surface area contributed by atoms with Crippen LogP contribution in [0.4, 0.5) is 5.69 Å². The summed E-state index contributed by atoms with van der Waals surface area (Å²) in [5.74, 6) is 0. The van der Waals surface area contributed by atoms with Crippen LogP contribution in [0.25, 0.3) is 0 Å². The third-order valence-electron chi connectivity index (χ3n) is 2.74. The minimum atomic E-state index is 0.540. The van der Waals surface area contributed by atoms with Gasteiger partial charge in [0, 0.05) is 0 Å². The number of piperidine rings is 1. The summed E-state index contributed by atoms with van der Waals surface area (Å²) in [6.07, 6.45) is 4.06. The Kier molecular flexibility index (Phi) is 2.22. The summed E-state index contributed by atoms with van der Waals surface area (Å²) >= 11 is 0. The normalized spacial score (nSPS) is 19.2. The van der Waals surface area contributed by atoms with Gasteiger partial charge in [-0.2, -0.15) is 5.10 Å². The molecule has 0 saturated carbocycles. The van der Waals surface area contributed by atoms with E-state index >= 15 is 0 Å². The van der Waals surface area contributed by atoms with E-state index in [4.69, 9.17) is 5.73 Å². The second-order valence-electron chi connectivity index (χ2n) is 3.61. The van der Waals surface area contributed by atoms with E-state index in [0.717, 1.165) is 37.3 Å². The Hall–Kier alpha value is -1.03. The molecule has 0 radical (unpaired) electrons. The van der Waals surface area contributed by atoms with Gasteiger partial charge in [0.05, 0.1) is 23.6 Å². The summed E-state index contributed by atoms with van der Waals surface area (Å²) in [6, 6.07) is 0.540. The van der Waals surface area contributed by atoms with E-state index in [1.165, 1.54) is 0 Å². The Bertz CT molecular complexity index is 286. The monoisotopic (exact) mass is 180 g/mol. The van der Waals surface area contributed by atoms with E-state index < -0.39 is 0 Å². The van der Waals surface area contributed by atoms with Crippen molar-refractivity contribution in [3.63, 3.8) is 0 Å². The summed E-state index contributed by atoms with van der Waals surface area (Å²) in [5.41, 5.74) is 7.66. The molecule has 1 fully saturated rings. The fourth-order valence-electron chi connectivity index (χ4n) is 1.86. The van der Waals surface area contributed by atoms with Gasteiger partial charge in [0.1, 0.15) is 0 Å². The molecule has 0 unspecified atom stereocenters. The van der Waals surface area contributed by atoms with E-state index in [-0.39, 0.29) is 0 Å². The first-order chi connectivity index (χ1) is 6.29. The van der Waals surface area contributed by atoms with Crippen LogP contribution in [-0.2, 0) is 0 Å². The zero-order valence-corrected chi connectivity index (χ0v) is 7.95. The Morgan fingerprint density at radius 2 is 2.23 bits per heavy atom. The first-order valence-electron chi connectivity index (χ1n) is 4.79. The van der Waals surface area contributed by atoms with Crippen LogP contribution in [0, 0.1) is 6.92 Å². The predicted octanol–water partition coefficient (Wildman–Crippen LogP) is 0.698. The number of nitrogens with one attached hydrogen (secondary N) is 1. The third-order valence-corrected chi connectivity index (χ3v) is 2.74. The minimum absolute atomic E-state index is 0.540. The van der Waals surface area contributed by atoms with Gasteiger partial charge in [-0.1, -0.05) is 0 Å². The van der Waals surface area contributed by atoms with Crippen molar-refractivity contribution < 1.29 is 0 Å². The molecule has 3 N–H and O–H groups in total. The average Bonchev–Trinajstić information content (AvgIpc) is 2.49. The first-order valence-corrected chi connectivity index (χ1v) is 4.79. The molecule has 1 saturated heterocycles. The zero-order chi connectivity index (χ0) is 9.26. The van der Waals surface area contributed by atoms with Gasteiger partial charge in [0.25, 0.3) is 0 Å². The molecular weight excluding hydrogens is 164 g/mol. The van der Waals surface area contributed by atoms with Gasteiger partial charge in [-0.25, -0.2) is 0 Å². The molecule has 0 aromatic carbocycles. The summed E-state index contributed by atoms with van der Waals surface area (Å²) in [5, 5.41) is 7.64. The Balaban J connectivity index is 2.18. The largest absolute Gasteiger partial charge is 0.396 e. The van der Waals surface area contributed by atoms with Crippen LogP contribution in [0.1, 0.15) is 24.6 Å². The number of rotatable bonds is 1. The summed E-state index contributed by atoms with van der Waals surface area (Å²) in [7, 11) is 0. The number of nitrogens with two attached hydrogens (primary N) is 1. The molecular formula is C9H16N4. The van der Waals surface area contributed by atoms with Gasteiger partial charge in [-0.3, -0.25) is 4.68 Å². The van der Waals surface area contributed by atoms with E-state index in [1.54, 1.807) is 6.20 Å². The second-order valence-corrected chi connectivity index (χ2v) is 3.61. The highest BCUT2D eigenvalue weighted by Crippen LogP contribution is 2.21. The molecule has 0 bridgehead atoms. The van der Waals surface area contributed by atoms with Crippen molar-refractivity contribution in [2.45, 2.75) is 25.8 Å². The van der Waals surface area contributed by atoms with Crippen LogP contribution in [0.3, 0.4) is 0 Å². The van der Waals surface area contributed by atoms with Gasteiger partial charge in [-0.05, 0) is 32.9 Å². The highest BCUT2D eigenvalue weighted by molar-refractivity contribution is 5.39. The predicted molar refractivity (Wildman–Crippen MR) is 52.5 cm³/mol. The maximum Gasteiger partial charge on any atom is 0.0730 e. The van der Waals surface area contributed by atoms with Crippen LogP contribution in [0.2, 0.25) is 0 Å². The van der Waals surface area contributed by atoms with Crippen molar-refractivity contribution in [1.29, 1.82) is 0 Å². The number of nitrogen functional groups attached to an aromatic ring is 1. The smallest absolute Gasteiger partial charge is 0.0730 e. The topological polar surface area (TPSA) is 55.9 Å². The van der Waals surface area contributed by atoms with E-state index in [2.05, 4.69) is 15.1 Å². The third kappa shape index (κ3) is 1.54. The minimum Gasteiger partial charge on any atom is -0.396 e. The first kappa shape index (κ1) is 8.56. The van der Waals surface area contributed by atoms with Gasteiger partial charge >= 0.3 is 0 Å². The second kappa shape index (κ2) is 3.38. The molecule has 0 aliphatic carbocycles. The lowest BCUT2D eigenvalue weighted by Gasteiger charge is -2.24. The average molecular weight is 180 g/mol.